The fraction of sp³-hybridized carbons (Fsp3) is 0.333. The molecule has 0 bridgehead atoms. The molecule has 1 aliphatic carbocycles. The summed E-state index contributed by atoms with van der Waals surface area (Å²) < 4.78 is 0. The van der Waals surface area contributed by atoms with E-state index in [0.717, 1.165) is 12.8 Å². The molecule has 0 radical (unpaired) electrons. The second-order valence-corrected chi connectivity index (χ2v) is 4.57. The Morgan fingerprint density at radius 1 is 1.17 bits per heavy atom. The van der Waals surface area contributed by atoms with Crippen molar-refractivity contribution < 1.29 is 14.7 Å². The second-order valence-electron chi connectivity index (χ2n) is 4.57. The molecule has 94 valence electrons. The summed E-state index contributed by atoms with van der Waals surface area (Å²) in [6, 6.07) is 4.64. The molecule has 0 atom stereocenters. The Labute approximate surface area is 106 Å². The number of Topliss-reactive ketones (excluding diaryl/α,β-unsaturated/α-hetero) is 2. The molecule has 0 saturated carbocycles. The predicted molar refractivity (Wildman–Crippen MR) is 69.0 cm³/mol. The molecule has 0 amide bonds. The Morgan fingerprint density at radius 2 is 1.89 bits per heavy atom. The van der Waals surface area contributed by atoms with Crippen LogP contribution in [0.4, 0.5) is 0 Å². The van der Waals surface area contributed by atoms with Gasteiger partial charge in [-0.05, 0) is 25.8 Å². The zero-order chi connectivity index (χ0) is 13.3. The van der Waals surface area contributed by atoms with Crippen LogP contribution in [0.25, 0.3) is 0 Å². The van der Waals surface area contributed by atoms with E-state index in [-0.39, 0.29) is 22.9 Å². The fourth-order valence-corrected chi connectivity index (χ4v) is 2.28. The van der Waals surface area contributed by atoms with Crippen molar-refractivity contribution >= 4 is 11.6 Å². The molecule has 3 nitrogen and oxygen atoms in total. The van der Waals surface area contributed by atoms with E-state index in [9.17, 15) is 14.7 Å². The van der Waals surface area contributed by atoms with Crippen LogP contribution >= 0.6 is 0 Å². The Kier molecular flexibility index (Phi) is 3.32. The molecule has 0 aromatic heterocycles. The fourth-order valence-electron chi connectivity index (χ4n) is 2.28. The zero-order valence-electron chi connectivity index (χ0n) is 10.6. The summed E-state index contributed by atoms with van der Waals surface area (Å²) in [7, 11) is 0. The van der Waals surface area contributed by atoms with Crippen LogP contribution in [-0.2, 0) is 0 Å². The topological polar surface area (TPSA) is 54.4 Å². The molecule has 1 aromatic carbocycles. The van der Waals surface area contributed by atoms with E-state index in [0.29, 0.717) is 23.1 Å². The first-order valence-electron chi connectivity index (χ1n) is 6.19. The Balaban J connectivity index is 2.53. The molecule has 1 aromatic rings. The third kappa shape index (κ3) is 1.86. The summed E-state index contributed by atoms with van der Waals surface area (Å²) in [5.41, 5.74) is 1.55. The molecule has 1 aliphatic rings. The number of hydrogen-bond acceptors (Lipinski definition) is 3. The van der Waals surface area contributed by atoms with Gasteiger partial charge in [0.25, 0.3) is 0 Å². The minimum Gasteiger partial charge on any atom is -0.507 e. The number of carbonyl (C=O) groups excluding carboxylic acids is 2. The number of rotatable bonds is 3. The SMILES string of the molecule is CCCCC1=C(C)C(=O)c2c(O)cccc2C1=O. The summed E-state index contributed by atoms with van der Waals surface area (Å²) in [6.07, 6.45) is 2.49. The lowest BCUT2D eigenvalue weighted by atomic mass is 9.82. The summed E-state index contributed by atoms with van der Waals surface area (Å²) in [5.74, 6) is -0.458. The first-order valence-corrected chi connectivity index (χ1v) is 6.19. The van der Waals surface area contributed by atoms with Crippen molar-refractivity contribution in [3.05, 3.63) is 40.5 Å². The van der Waals surface area contributed by atoms with Gasteiger partial charge in [0.15, 0.2) is 11.6 Å². The van der Waals surface area contributed by atoms with Crippen molar-refractivity contribution in [1.29, 1.82) is 0 Å². The Morgan fingerprint density at radius 3 is 2.56 bits per heavy atom. The van der Waals surface area contributed by atoms with Crippen molar-refractivity contribution in [3.8, 4) is 5.75 Å². The molecule has 1 N–H and O–H groups in total. The van der Waals surface area contributed by atoms with E-state index in [1.54, 1.807) is 19.1 Å². The standard InChI is InChI=1S/C15H16O3/c1-3-4-6-10-9(2)14(17)13-11(15(10)18)7-5-8-12(13)16/h5,7-8,16H,3-4,6H2,1-2H3. The summed E-state index contributed by atoms with van der Waals surface area (Å²) in [4.78, 5) is 24.5. The van der Waals surface area contributed by atoms with Crippen LogP contribution in [0.2, 0.25) is 0 Å². The van der Waals surface area contributed by atoms with Gasteiger partial charge in [-0.1, -0.05) is 25.5 Å². The molecule has 0 saturated heterocycles. The molecule has 0 unspecified atom stereocenters. The van der Waals surface area contributed by atoms with Crippen LogP contribution < -0.4 is 0 Å². The van der Waals surface area contributed by atoms with Gasteiger partial charge in [0, 0.05) is 16.7 Å². The number of aromatic hydroxyl groups is 1. The molecule has 0 aliphatic heterocycles. The first kappa shape index (κ1) is 12.6. The lowest BCUT2D eigenvalue weighted by molar-refractivity contribution is 0.0969. The number of fused-ring (bicyclic) bond motifs is 1. The molecule has 18 heavy (non-hydrogen) atoms. The summed E-state index contributed by atoms with van der Waals surface area (Å²) >= 11 is 0. The van der Waals surface area contributed by atoms with E-state index in [2.05, 4.69) is 0 Å². The zero-order valence-corrected chi connectivity index (χ0v) is 10.6. The van der Waals surface area contributed by atoms with E-state index in [1.165, 1.54) is 6.07 Å². The maximum absolute atomic E-state index is 12.3. The second kappa shape index (κ2) is 4.77. The van der Waals surface area contributed by atoms with Gasteiger partial charge < -0.3 is 5.11 Å². The number of benzene rings is 1. The largest absolute Gasteiger partial charge is 0.507 e. The molecule has 2 rings (SSSR count). The lowest BCUT2D eigenvalue weighted by Gasteiger charge is -2.19. The number of phenolic OH excluding ortho intramolecular Hbond substituents is 1. The highest BCUT2D eigenvalue weighted by molar-refractivity contribution is 6.27. The third-order valence-corrected chi connectivity index (χ3v) is 3.36. The highest BCUT2D eigenvalue weighted by Gasteiger charge is 2.31. The Hall–Kier alpha value is -1.90. The minimum atomic E-state index is -0.228. The normalized spacial score (nSPS) is 15.0. The predicted octanol–water partition coefficient (Wildman–Crippen LogP) is 3.28. The van der Waals surface area contributed by atoms with Crippen LogP contribution in [0.3, 0.4) is 0 Å². The van der Waals surface area contributed by atoms with E-state index >= 15 is 0 Å². The van der Waals surface area contributed by atoms with E-state index in [1.807, 2.05) is 6.92 Å². The molecule has 0 fully saturated rings. The quantitative estimate of drug-likeness (QED) is 0.887. The van der Waals surface area contributed by atoms with Gasteiger partial charge in [-0.15, -0.1) is 0 Å². The van der Waals surface area contributed by atoms with Gasteiger partial charge >= 0.3 is 0 Å². The van der Waals surface area contributed by atoms with Gasteiger partial charge in [0.2, 0.25) is 0 Å². The van der Waals surface area contributed by atoms with E-state index in [4.69, 9.17) is 0 Å². The van der Waals surface area contributed by atoms with Crippen LogP contribution in [-0.4, -0.2) is 16.7 Å². The average molecular weight is 244 g/mol. The molecular weight excluding hydrogens is 228 g/mol. The smallest absolute Gasteiger partial charge is 0.193 e. The van der Waals surface area contributed by atoms with Crippen molar-refractivity contribution in [2.75, 3.05) is 0 Å². The number of phenols is 1. The van der Waals surface area contributed by atoms with Crippen molar-refractivity contribution in [2.24, 2.45) is 0 Å². The highest BCUT2D eigenvalue weighted by atomic mass is 16.3. The van der Waals surface area contributed by atoms with Gasteiger partial charge in [0.1, 0.15) is 5.75 Å². The van der Waals surface area contributed by atoms with Gasteiger partial charge in [-0.2, -0.15) is 0 Å². The maximum atomic E-state index is 12.3. The number of allylic oxidation sites excluding steroid dienone is 2. The molecular formula is C15H16O3. The van der Waals surface area contributed by atoms with Crippen LogP contribution in [0, 0.1) is 0 Å². The first-order chi connectivity index (χ1) is 8.57. The number of carbonyl (C=O) groups is 2. The third-order valence-electron chi connectivity index (χ3n) is 3.36. The Bertz CT molecular complexity index is 553. The molecule has 0 heterocycles. The van der Waals surface area contributed by atoms with Crippen LogP contribution in [0.1, 0.15) is 53.8 Å². The van der Waals surface area contributed by atoms with Crippen LogP contribution in [0.5, 0.6) is 5.75 Å². The highest BCUT2D eigenvalue weighted by Crippen LogP contribution is 2.33. The molecule has 3 heteroatoms. The number of hydrogen-bond donors (Lipinski definition) is 1. The van der Waals surface area contributed by atoms with Crippen molar-refractivity contribution in [3.63, 3.8) is 0 Å². The van der Waals surface area contributed by atoms with Crippen molar-refractivity contribution in [2.45, 2.75) is 33.1 Å². The number of ketones is 2. The summed E-state index contributed by atoms with van der Waals surface area (Å²) in [6.45, 7) is 3.71. The lowest BCUT2D eigenvalue weighted by Crippen LogP contribution is -2.21. The van der Waals surface area contributed by atoms with E-state index < -0.39 is 0 Å². The number of unbranched alkanes of at least 4 members (excludes halogenated alkanes) is 1. The van der Waals surface area contributed by atoms with Gasteiger partial charge in [-0.25, -0.2) is 0 Å². The van der Waals surface area contributed by atoms with Gasteiger partial charge in [-0.3, -0.25) is 9.59 Å². The van der Waals surface area contributed by atoms with Crippen molar-refractivity contribution in [1.82, 2.24) is 0 Å². The molecule has 0 spiro atoms. The monoisotopic (exact) mass is 244 g/mol. The summed E-state index contributed by atoms with van der Waals surface area (Å²) in [5, 5.41) is 9.73. The average Bonchev–Trinajstić information content (AvgIpc) is 2.36. The maximum Gasteiger partial charge on any atom is 0.193 e. The minimum absolute atomic E-state index is 0.111. The van der Waals surface area contributed by atoms with Crippen LogP contribution in [0.15, 0.2) is 29.3 Å². The van der Waals surface area contributed by atoms with Gasteiger partial charge in [0.05, 0.1) is 5.56 Å².